The molecule has 0 bridgehead atoms. The topological polar surface area (TPSA) is 69.9 Å². The molecule has 0 aromatic heterocycles. The molecule has 0 saturated heterocycles. The van der Waals surface area contributed by atoms with Gasteiger partial charge in [-0.3, -0.25) is 0 Å². The molecule has 1 unspecified atom stereocenters. The van der Waals surface area contributed by atoms with Crippen LogP contribution in [-0.2, 0) is 0 Å². The van der Waals surface area contributed by atoms with E-state index in [4.69, 9.17) is 4.74 Å². The van der Waals surface area contributed by atoms with Crippen molar-refractivity contribution in [2.24, 2.45) is 0 Å². The highest BCUT2D eigenvalue weighted by Crippen LogP contribution is 2.44. The summed E-state index contributed by atoms with van der Waals surface area (Å²) in [6.45, 7) is 3.27. The molecule has 2 aromatic rings. The average molecular weight is 300 g/mol. The first-order chi connectivity index (χ1) is 10.5. The van der Waals surface area contributed by atoms with E-state index in [9.17, 15) is 15.3 Å². The van der Waals surface area contributed by atoms with Crippen molar-refractivity contribution in [1.82, 2.24) is 0 Å². The molecular formula is C18H20O4. The van der Waals surface area contributed by atoms with Crippen LogP contribution in [0.1, 0.15) is 28.4 Å². The molecule has 116 valence electrons. The van der Waals surface area contributed by atoms with Gasteiger partial charge >= 0.3 is 0 Å². The second-order valence-electron chi connectivity index (χ2n) is 5.11. The maximum atomic E-state index is 10.4. The number of hydrogen-bond donors (Lipinski definition) is 3. The molecule has 0 spiro atoms. The summed E-state index contributed by atoms with van der Waals surface area (Å²) in [5, 5.41) is 30.6. The number of ether oxygens (including phenoxy) is 1. The quantitative estimate of drug-likeness (QED) is 0.808. The normalized spacial score (nSPS) is 12.5. The van der Waals surface area contributed by atoms with Crippen LogP contribution in [0.15, 0.2) is 36.4 Å². The summed E-state index contributed by atoms with van der Waals surface area (Å²) in [6.07, 6.45) is 2.29. The van der Waals surface area contributed by atoms with Crippen molar-refractivity contribution in [3.63, 3.8) is 0 Å². The summed E-state index contributed by atoms with van der Waals surface area (Å²) in [5.74, 6) is 0.0910. The van der Waals surface area contributed by atoms with Crippen molar-refractivity contribution in [2.45, 2.75) is 20.0 Å². The maximum absolute atomic E-state index is 10.4. The van der Waals surface area contributed by atoms with Gasteiger partial charge in [0.2, 0.25) is 0 Å². The van der Waals surface area contributed by atoms with Gasteiger partial charge in [0.05, 0.1) is 12.7 Å². The number of aliphatic hydroxyl groups is 1. The van der Waals surface area contributed by atoms with Gasteiger partial charge in [0, 0.05) is 11.1 Å². The lowest BCUT2D eigenvalue weighted by atomic mass is 9.97. The molecule has 0 radical (unpaired) electrons. The molecule has 0 heterocycles. The first kappa shape index (κ1) is 15.9. The van der Waals surface area contributed by atoms with Gasteiger partial charge in [-0.25, -0.2) is 0 Å². The summed E-state index contributed by atoms with van der Waals surface area (Å²) < 4.78 is 5.25. The number of aromatic hydroxyl groups is 2. The number of phenols is 2. The summed E-state index contributed by atoms with van der Waals surface area (Å²) in [4.78, 5) is 0. The summed E-state index contributed by atoms with van der Waals surface area (Å²) in [5.41, 5.74) is 2.00. The SMILES string of the molecule is COc1c(C)c(O)c(C)c(O)c1C(O)/C=C/c1ccccc1. The van der Waals surface area contributed by atoms with E-state index in [2.05, 4.69) is 0 Å². The Balaban J connectivity index is 2.45. The van der Waals surface area contributed by atoms with E-state index in [0.29, 0.717) is 11.1 Å². The number of phenolic OH excluding ortho intramolecular Hbond substituents is 2. The molecule has 0 saturated carbocycles. The van der Waals surface area contributed by atoms with E-state index in [1.54, 1.807) is 26.0 Å². The van der Waals surface area contributed by atoms with Crippen LogP contribution in [0.2, 0.25) is 0 Å². The standard InChI is InChI=1S/C18H20O4/c1-11-16(20)12(2)18(22-3)15(17(11)21)14(19)10-9-13-7-5-4-6-8-13/h4-10,14,19-21H,1-3H3/b10-9+. The second-order valence-corrected chi connectivity index (χ2v) is 5.11. The molecule has 0 aliphatic rings. The first-order valence-corrected chi connectivity index (χ1v) is 6.97. The third-order valence-electron chi connectivity index (χ3n) is 3.68. The zero-order valence-electron chi connectivity index (χ0n) is 12.9. The van der Waals surface area contributed by atoms with Crippen LogP contribution in [-0.4, -0.2) is 22.4 Å². The number of benzene rings is 2. The van der Waals surface area contributed by atoms with E-state index in [0.717, 1.165) is 5.56 Å². The smallest absolute Gasteiger partial charge is 0.135 e. The van der Waals surface area contributed by atoms with Crippen LogP contribution < -0.4 is 4.74 Å². The molecule has 2 rings (SSSR count). The van der Waals surface area contributed by atoms with E-state index in [-0.39, 0.29) is 22.8 Å². The lowest BCUT2D eigenvalue weighted by Crippen LogP contribution is -2.02. The van der Waals surface area contributed by atoms with Crippen molar-refractivity contribution in [2.75, 3.05) is 7.11 Å². The molecule has 0 aliphatic heterocycles. The van der Waals surface area contributed by atoms with E-state index in [1.165, 1.54) is 7.11 Å². The van der Waals surface area contributed by atoms with Crippen molar-refractivity contribution < 1.29 is 20.1 Å². The highest BCUT2D eigenvalue weighted by atomic mass is 16.5. The summed E-state index contributed by atoms with van der Waals surface area (Å²) in [7, 11) is 1.44. The summed E-state index contributed by atoms with van der Waals surface area (Å²) in [6, 6.07) is 9.54. The van der Waals surface area contributed by atoms with Crippen LogP contribution in [0.4, 0.5) is 0 Å². The minimum atomic E-state index is -1.05. The third-order valence-corrected chi connectivity index (χ3v) is 3.68. The van der Waals surface area contributed by atoms with Crippen LogP contribution in [0, 0.1) is 13.8 Å². The Hall–Kier alpha value is -2.46. The van der Waals surface area contributed by atoms with Crippen LogP contribution in [0.5, 0.6) is 17.2 Å². The Labute approximate surface area is 129 Å². The molecule has 0 amide bonds. The monoisotopic (exact) mass is 300 g/mol. The van der Waals surface area contributed by atoms with Gasteiger partial charge in [-0.1, -0.05) is 42.5 Å². The zero-order valence-corrected chi connectivity index (χ0v) is 12.9. The van der Waals surface area contributed by atoms with Gasteiger partial charge in [0.15, 0.2) is 0 Å². The largest absolute Gasteiger partial charge is 0.507 e. The van der Waals surface area contributed by atoms with Crippen molar-refractivity contribution in [3.8, 4) is 17.2 Å². The summed E-state index contributed by atoms with van der Waals surface area (Å²) >= 11 is 0. The lowest BCUT2D eigenvalue weighted by molar-refractivity contribution is 0.217. The van der Waals surface area contributed by atoms with Crippen LogP contribution in [0.25, 0.3) is 6.08 Å². The Morgan fingerprint density at radius 2 is 1.64 bits per heavy atom. The fourth-order valence-electron chi connectivity index (χ4n) is 2.41. The van der Waals surface area contributed by atoms with Gasteiger partial charge in [-0.2, -0.15) is 0 Å². The molecular weight excluding hydrogens is 280 g/mol. The van der Waals surface area contributed by atoms with Crippen molar-refractivity contribution in [1.29, 1.82) is 0 Å². The Morgan fingerprint density at radius 3 is 2.23 bits per heavy atom. The number of aliphatic hydroxyl groups excluding tert-OH is 1. The maximum Gasteiger partial charge on any atom is 0.135 e. The van der Waals surface area contributed by atoms with Crippen LogP contribution >= 0.6 is 0 Å². The zero-order chi connectivity index (χ0) is 16.3. The molecule has 4 heteroatoms. The number of hydrogen-bond acceptors (Lipinski definition) is 4. The van der Waals surface area contributed by atoms with E-state index in [1.807, 2.05) is 30.3 Å². The Bertz CT molecular complexity index is 690. The minimum absolute atomic E-state index is 0.0302. The highest BCUT2D eigenvalue weighted by molar-refractivity contribution is 5.63. The fourth-order valence-corrected chi connectivity index (χ4v) is 2.41. The van der Waals surface area contributed by atoms with E-state index >= 15 is 0 Å². The molecule has 0 fully saturated rings. The molecule has 1 atom stereocenters. The second kappa shape index (κ2) is 6.54. The predicted octanol–water partition coefficient (Wildman–Crippen LogP) is 3.47. The molecule has 22 heavy (non-hydrogen) atoms. The minimum Gasteiger partial charge on any atom is -0.507 e. The molecule has 3 N–H and O–H groups in total. The lowest BCUT2D eigenvalue weighted by Gasteiger charge is -2.19. The highest BCUT2D eigenvalue weighted by Gasteiger charge is 2.23. The van der Waals surface area contributed by atoms with Gasteiger partial charge < -0.3 is 20.1 Å². The van der Waals surface area contributed by atoms with Crippen LogP contribution in [0.3, 0.4) is 0 Å². The van der Waals surface area contributed by atoms with Gasteiger partial charge in [-0.05, 0) is 19.4 Å². The number of methoxy groups -OCH3 is 1. The van der Waals surface area contributed by atoms with Crippen molar-refractivity contribution in [3.05, 3.63) is 58.7 Å². The number of rotatable bonds is 4. The first-order valence-electron chi connectivity index (χ1n) is 6.97. The van der Waals surface area contributed by atoms with Gasteiger partial charge in [0.1, 0.15) is 23.4 Å². The molecule has 2 aromatic carbocycles. The Kier molecular flexibility index (Phi) is 4.73. The fraction of sp³-hybridized carbons (Fsp3) is 0.222. The predicted molar refractivity (Wildman–Crippen MR) is 86.2 cm³/mol. The van der Waals surface area contributed by atoms with Gasteiger partial charge in [0.25, 0.3) is 0 Å². The van der Waals surface area contributed by atoms with E-state index < -0.39 is 6.10 Å². The van der Waals surface area contributed by atoms with Crippen molar-refractivity contribution >= 4 is 6.08 Å². The third kappa shape index (κ3) is 2.92. The van der Waals surface area contributed by atoms with Gasteiger partial charge in [-0.15, -0.1) is 0 Å². The Morgan fingerprint density at radius 1 is 1.00 bits per heavy atom. The molecule has 0 aliphatic carbocycles. The molecule has 4 nitrogen and oxygen atoms in total. The average Bonchev–Trinajstić information content (AvgIpc) is 2.54.